The van der Waals surface area contributed by atoms with Gasteiger partial charge in [0.05, 0.1) is 0 Å². The lowest BCUT2D eigenvalue weighted by molar-refractivity contribution is 0.297. The van der Waals surface area contributed by atoms with Crippen molar-refractivity contribution in [1.29, 1.82) is 0 Å². The van der Waals surface area contributed by atoms with Gasteiger partial charge >= 0.3 is 0 Å². The second-order valence-corrected chi connectivity index (χ2v) is 2.57. The van der Waals surface area contributed by atoms with E-state index in [1.807, 2.05) is 13.0 Å². The fourth-order valence-corrected chi connectivity index (χ4v) is 0.976. The lowest BCUT2D eigenvalue weighted by Gasteiger charge is -2.00. The molecular weight excluding hydrogens is 143 g/mol. The molecule has 0 aliphatic heterocycles. The van der Waals surface area contributed by atoms with Crippen molar-refractivity contribution < 1.29 is 9.50 Å². The molecular formula is C9H11FO. The van der Waals surface area contributed by atoms with E-state index in [2.05, 4.69) is 0 Å². The minimum Gasteiger partial charge on any atom is -0.396 e. The summed E-state index contributed by atoms with van der Waals surface area (Å²) in [5, 5.41) is 8.55. The molecule has 1 aromatic carbocycles. The fraction of sp³-hybridized carbons (Fsp3) is 0.333. The van der Waals surface area contributed by atoms with Crippen LogP contribution in [0.5, 0.6) is 0 Å². The number of halogens is 1. The molecule has 60 valence electrons. The van der Waals surface area contributed by atoms with E-state index in [1.165, 1.54) is 6.07 Å². The number of aliphatic hydroxyl groups excluding tert-OH is 1. The maximum absolute atomic E-state index is 12.9. The van der Waals surface area contributed by atoms with Gasteiger partial charge in [0.2, 0.25) is 0 Å². The normalized spacial score (nSPS) is 10.1. The van der Waals surface area contributed by atoms with E-state index in [1.54, 1.807) is 6.07 Å². The summed E-state index contributed by atoms with van der Waals surface area (Å²) in [5.74, 6) is -0.223. The minimum atomic E-state index is -0.223. The first kappa shape index (κ1) is 8.21. The Morgan fingerprint density at radius 2 is 2.18 bits per heavy atom. The van der Waals surface area contributed by atoms with E-state index in [-0.39, 0.29) is 12.4 Å². The zero-order valence-electron chi connectivity index (χ0n) is 6.47. The molecule has 1 rings (SSSR count). The van der Waals surface area contributed by atoms with Gasteiger partial charge < -0.3 is 5.11 Å². The van der Waals surface area contributed by atoms with Crippen LogP contribution in [0.3, 0.4) is 0 Å². The third kappa shape index (κ3) is 2.02. The Morgan fingerprint density at radius 3 is 2.73 bits per heavy atom. The molecule has 0 fully saturated rings. The molecule has 1 aromatic rings. The molecule has 0 bridgehead atoms. The lowest BCUT2D eigenvalue weighted by Crippen LogP contribution is -1.94. The van der Waals surface area contributed by atoms with E-state index in [9.17, 15) is 4.39 Å². The topological polar surface area (TPSA) is 20.2 Å². The predicted molar refractivity (Wildman–Crippen MR) is 41.9 cm³/mol. The van der Waals surface area contributed by atoms with Crippen LogP contribution in [0.1, 0.15) is 11.1 Å². The molecule has 1 N–H and O–H groups in total. The van der Waals surface area contributed by atoms with Gasteiger partial charge in [0, 0.05) is 6.61 Å². The molecule has 0 heterocycles. The van der Waals surface area contributed by atoms with E-state index in [0.717, 1.165) is 5.56 Å². The summed E-state index contributed by atoms with van der Waals surface area (Å²) >= 11 is 0. The summed E-state index contributed by atoms with van der Waals surface area (Å²) in [6.45, 7) is 1.84. The highest BCUT2D eigenvalue weighted by Gasteiger charge is 1.99. The van der Waals surface area contributed by atoms with Gasteiger partial charge in [0.25, 0.3) is 0 Å². The van der Waals surface area contributed by atoms with Crippen LogP contribution in [-0.2, 0) is 6.42 Å². The van der Waals surface area contributed by atoms with E-state index in [4.69, 9.17) is 5.11 Å². The number of aryl methyl sites for hydroxylation is 1. The van der Waals surface area contributed by atoms with Crippen LogP contribution in [0.15, 0.2) is 18.2 Å². The van der Waals surface area contributed by atoms with Gasteiger partial charge in [-0.1, -0.05) is 12.1 Å². The molecule has 0 unspecified atom stereocenters. The highest BCUT2D eigenvalue weighted by Crippen LogP contribution is 2.09. The van der Waals surface area contributed by atoms with Gasteiger partial charge in [-0.15, -0.1) is 0 Å². The molecule has 2 heteroatoms. The zero-order valence-corrected chi connectivity index (χ0v) is 6.47. The highest BCUT2D eigenvalue weighted by molar-refractivity contribution is 5.23. The Balaban J connectivity index is 2.90. The van der Waals surface area contributed by atoms with Gasteiger partial charge in [-0.3, -0.25) is 0 Å². The summed E-state index contributed by atoms with van der Waals surface area (Å²) < 4.78 is 12.9. The van der Waals surface area contributed by atoms with Gasteiger partial charge in [-0.25, -0.2) is 4.39 Å². The Hall–Kier alpha value is -0.890. The molecule has 0 aliphatic rings. The van der Waals surface area contributed by atoms with Crippen molar-refractivity contribution >= 4 is 0 Å². The van der Waals surface area contributed by atoms with Crippen LogP contribution in [0.4, 0.5) is 4.39 Å². The average molecular weight is 154 g/mol. The average Bonchev–Trinajstić information content (AvgIpc) is 1.95. The van der Waals surface area contributed by atoms with E-state index in [0.29, 0.717) is 12.0 Å². The molecule has 0 spiro atoms. The maximum atomic E-state index is 12.9. The molecule has 0 aliphatic carbocycles. The molecule has 0 amide bonds. The summed E-state index contributed by atoms with van der Waals surface area (Å²) in [6, 6.07) is 5.03. The van der Waals surface area contributed by atoms with Gasteiger partial charge in [0.15, 0.2) is 0 Å². The summed E-state index contributed by atoms with van der Waals surface area (Å²) in [7, 11) is 0. The lowest BCUT2D eigenvalue weighted by atomic mass is 10.1. The molecule has 0 aromatic heterocycles. The standard InChI is InChI=1S/C9H11FO/c1-7-2-3-8(4-5-11)9(10)6-7/h2-3,6,11H,4-5H2,1H3. The minimum absolute atomic E-state index is 0.0000189. The largest absolute Gasteiger partial charge is 0.396 e. The van der Waals surface area contributed by atoms with Gasteiger partial charge in [-0.2, -0.15) is 0 Å². The Bertz CT molecular complexity index is 245. The van der Waals surface area contributed by atoms with Crippen molar-refractivity contribution in [2.24, 2.45) is 0 Å². The first-order chi connectivity index (χ1) is 5.24. The third-order valence-corrected chi connectivity index (χ3v) is 1.59. The fourth-order valence-electron chi connectivity index (χ4n) is 0.976. The zero-order chi connectivity index (χ0) is 8.27. The maximum Gasteiger partial charge on any atom is 0.126 e. The van der Waals surface area contributed by atoms with E-state index < -0.39 is 0 Å². The van der Waals surface area contributed by atoms with Crippen LogP contribution in [0.25, 0.3) is 0 Å². The molecule has 0 saturated heterocycles. The van der Waals surface area contributed by atoms with Crippen molar-refractivity contribution in [3.05, 3.63) is 35.1 Å². The second-order valence-electron chi connectivity index (χ2n) is 2.57. The Morgan fingerprint density at radius 1 is 1.45 bits per heavy atom. The number of hydrogen-bond donors (Lipinski definition) is 1. The number of hydrogen-bond acceptors (Lipinski definition) is 1. The van der Waals surface area contributed by atoms with Crippen LogP contribution < -0.4 is 0 Å². The summed E-state index contributed by atoms with van der Waals surface area (Å²) in [4.78, 5) is 0. The first-order valence-corrected chi connectivity index (χ1v) is 3.60. The molecule has 1 nitrogen and oxygen atoms in total. The van der Waals surface area contributed by atoms with Crippen LogP contribution in [0.2, 0.25) is 0 Å². The summed E-state index contributed by atoms with van der Waals surface area (Å²) in [6.07, 6.45) is 0.395. The van der Waals surface area contributed by atoms with Gasteiger partial charge in [0.1, 0.15) is 5.82 Å². The molecule has 0 atom stereocenters. The molecule has 0 saturated carbocycles. The van der Waals surface area contributed by atoms with E-state index >= 15 is 0 Å². The predicted octanol–water partition coefficient (Wildman–Crippen LogP) is 1.67. The number of benzene rings is 1. The first-order valence-electron chi connectivity index (χ1n) is 3.60. The van der Waals surface area contributed by atoms with Crippen molar-refractivity contribution in [1.82, 2.24) is 0 Å². The monoisotopic (exact) mass is 154 g/mol. The van der Waals surface area contributed by atoms with Crippen LogP contribution in [-0.4, -0.2) is 11.7 Å². The van der Waals surface area contributed by atoms with Crippen LogP contribution >= 0.6 is 0 Å². The van der Waals surface area contributed by atoms with Crippen molar-refractivity contribution in [3.8, 4) is 0 Å². The second kappa shape index (κ2) is 3.49. The SMILES string of the molecule is Cc1ccc(CCO)c(F)c1. The smallest absolute Gasteiger partial charge is 0.126 e. The number of aliphatic hydroxyl groups is 1. The Kier molecular flexibility index (Phi) is 2.60. The van der Waals surface area contributed by atoms with Crippen molar-refractivity contribution in [3.63, 3.8) is 0 Å². The quantitative estimate of drug-likeness (QED) is 0.687. The van der Waals surface area contributed by atoms with Crippen molar-refractivity contribution in [2.75, 3.05) is 6.61 Å². The highest BCUT2D eigenvalue weighted by atomic mass is 19.1. The van der Waals surface area contributed by atoms with Crippen molar-refractivity contribution in [2.45, 2.75) is 13.3 Å². The number of rotatable bonds is 2. The molecule has 11 heavy (non-hydrogen) atoms. The summed E-state index contributed by atoms with van der Waals surface area (Å²) in [5.41, 5.74) is 1.49. The Labute approximate surface area is 65.5 Å². The molecule has 0 radical (unpaired) electrons. The third-order valence-electron chi connectivity index (χ3n) is 1.59. The van der Waals surface area contributed by atoms with Gasteiger partial charge in [-0.05, 0) is 30.5 Å². The van der Waals surface area contributed by atoms with Crippen LogP contribution in [0, 0.1) is 12.7 Å².